The summed E-state index contributed by atoms with van der Waals surface area (Å²) in [5.74, 6) is 3.24. The van der Waals surface area contributed by atoms with E-state index in [4.69, 9.17) is 14.2 Å². The van der Waals surface area contributed by atoms with Gasteiger partial charge in [0.15, 0.2) is 11.5 Å². The molecule has 96 valence electrons. The van der Waals surface area contributed by atoms with Crippen LogP contribution in [-0.2, 0) is 0 Å². The maximum Gasteiger partial charge on any atom is 0.231 e. The molecular weight excluding hydrogens is 230 g/mol. The molecule has 4 aliphatic heterocycles. The number of fused-ring (bicyclic) bond motifs is 4. The first-order chi connectivity index (χ1) is 8.88. The average molecular weight is 247 g/mol. The van der Waals surface area contributed by atoms with Gasteiger partial charge in [0.25, 0.3) is 0 Å². The van der Waals surface area contributed by atoms with Crippen molar-refractivity contribution >= 4 is 0 Å². The van der Waals surface area contributed by atoms with Crippen molar-refractivity contribution in [3.05, 3.63) is 18.2 Å². The van der Waals surface area contributed by atoms with E-state index in [1.807, 2.05) is 18.2 Å². The second-order valence-electron chi connectivity index (χ2n) is 5.31. The Kier molecular flexibility index (Phi) is 2.36. The van der Waals surface area contributed by atoms with Gasteiger partial charge in [-0.1, -0.05) is 0 Å². The highest BCUT2D eigenvalue weighted by atomic mass is 16.7. The molecule has 1 aromatic rings. The van der Waals surface area contributed by atoms with E-state index in [-0.39, 0.29) is 0 Å². The van der Waals surface area contributed by atoms with E-state index in [1.165, 1.54) is 25.9 Å². The highest BCUT2D eigenvalue weighted by Gasteiger charge is 2.35. The van der Waals surface area contributed by atoms with Crippen LogP contribution in [0.4, 0.5) is 0 Å². The van der Waals surface area contributed by atoms with Crippen molar-refractivity contribution in [2.24, 2.45) is 5.92 Å². The van der Waals surface area contributed by atoms with Gasteiger partial charge in [-0.2, -0.15) is 0 Å². The number of hydrogen-bond acceptors (Lipinski definition) is 4. The molecular formula is C14H17NO3. The SMILES string of the molecule is c1cc2c(cc1OC1CN3CCC1CC3)OCO2. The van der Waals surface area contributed by atoms with E-state index in [1.54, 1.807) is 0 Å². The molecule has 4 heterocycles. The molecule has 0 radical (unpaired) electrons. The topological polar surface area (TPSA) is 30.9 Å². The standard InChI is InChI=1S/C14H17NO3/c1-2-12-13(17-9-16-12)7-11(1)18-14-8-15-5-3-10(14)4-6-15/h1-2,7,10,14H,3-6,8-9H2. The molecule has 0 amide bonds. The van der Waals surface area contributed by atoms with Gasteiger partial charge in [0.2, 0.25) is 6.79 Å². The zero-order valence-corrected chi connectivity index (χ0v) is 10.3. The largest absolute Gasteiger partial charge is 0.489 e. The van der Waals surface area contributed by atoms with Crippen LogP contribution in [0, 0.1) is 5.92 Å². The Balaban J connectivity index is 1.51. The van der Waals surface area contributed by atoms with Gasteiger partial charge in [-0.3, -0.25) is 4.90 Å². The Morgan fingerprint density at radius 2 is 1.94 bits per heavy atom. The quantitative estimate of drug-likeness (QED) is 0.798. The zero-order valence-electron chi connectivity index (χ0n) is 10.3. The molecule has 1 unspecified atom stereocenters. The molecule has 0 aliphatic carbocycles. The van der Waals surface area contributed by atoms with E-state index in [9.17, 15) is 0 Å². The second kappa shape index (κ2) is 4.05. The van der Waals surface area contributed by atoms with Gasteiger partial charge < -0.3 is 14.2 Å². The second-order valence-corrected chi connectivity index (χ2v) is 5.31. The molecule has 1 aromatic carbocycles. The highest BCUT2D eigenvalue weighted by molar-refractivity contribution is 5.46. The molecule has 5 rings (SSSR count). The normalized spacial score (nSPS) is 32.6. The first kappa shape index (κ1) is 10.5. The van der Waals surface area contributed by atoms with Gasteiger partial charge in [0.05, 0.1) is 0 Å². The molecule has 0 aromatic heterocycles. The average Bonchev–Trinajstić information content (AvgIpc) is 2.87. The molecule has 3 fully saturated rings. The molecule has 1 atom stereocenters. The van der Waals surface area contributed by atoms with Crippen molar-refractivity contribution in [1.82, 2.24) is 4.90 Å². The molecule has 4 heteroatoms. The molecule has 0 spiro atoms. The monoisotopic (exact) mass is 247 g/mol. The number of piperidine rings is 3. The number of rotatable bonds is 2. The first-order valence-corrected chi connectivity index (χ1v) is 6.67. The summed E-state index contributed by atoms with van der Waals surface area (Å²) in [5, 5.41) is 0. The zero-order chi connectivity index (χ0) is 11.9. The fourth-order valence-corrected chi connectivity index (χ4v) is 3.17. The van der Waals surface area contributed by atoms with E-state index in [0.29, 0.717) is 12.9 Å². The Morgan fingerprint density at radius 3 is 2.72 bits per heavy atom. The third-order valence-corrected chi connectivity index (χ3v) is 4.23. The first-order valence-electron chi connectivity index (χ1n) is 6.67. The van der Waals surface area contributed by atoms with Crippen molar-refractivity contribution in [1.29, 1.82) is 0 Å². The fourth-order valence-electron chi connectivity index (χ4n) is 3.17. The minimum absolute atomic E-state index is 0.318. The van der Waals surface area contributed by atoms with Crippen LogP contribution in [0.15, 0.2) is 18.2 Å². The lowest BCUT2D eigenvalue weighted by molar-refractivity contribution is -0.00782. The Hall–Kier alpha value is -1.42. The van der Waals surface area contributed by atoms with Gasteiger partial charge in [-0.05, 0) is 44.0 Å². The van der Waals surface area contributed by atoms with Crippen LogP contribution in [0.1, 0.15) is 12.8 Å². The van der Waals surface area contributed by atoms with Crippen molar-refractivity contribution in [3.63, 3.8) is 0 Å². The summed E-state index contributed by atoms with van der Waals surface area (Å²) < 4.78 is 16.8. The summed E-state index contributed by atoms with van der Waals surface area (Å²) in [5.41, 5.74) is 0. The van der Waals surface area contributed by atoms with Crippen LogP contribution in [0.5, 0.6) is 17.2 Å². The summed E-state index contributed by atoms with van der Waals surface area (Å²) in [6.45, 7) is 3.87. The Bertz CT molecular complexity index is 454. The number of ether oxygens (including phenoxy) is 3. The summed E-state index contributed by atoms with van der Waals surface area (Å²) >= 11 is 0. The lowest BCUT2D eigenvalue weighted by atomic mass is 9.86. The van der Waals surface area contributed by atoms with Gasteiger partial charge in [0, 0.05) is 12.6 Å². The van der Waals surface area contributed by atoms with Gasteiger partial charge in [-0.15, -0.1) is 0 Å². The number of benzene rings is 1. The maximum atomic E-state index is 6.14. The van der Waals surface area contributed by atoms with Crippen molar-refractivity contribution in [3.8, 4) is 17.2 Å². The third-order valence-electron chi connectivity index (χ3n) is 4.23. The fraction of sp³-hybridized carbons (Fsp3) is 0.571. The molecule has 3 saturated heterocycles. The number of nitrogens with zero attached hydrogens (tertiary/aromatic N) is 1. The van der Waals surface area contributed by atoms with E-state index in [0.717, 1.165) is 29.7 Å². The molecule has 2 bridgehead atoms. The Morgan fingerprint density at radius 1 is 1.11 bits per heavy atom. The summed E-state index contributed by atoms with van der Waals surface area (Å²) in [4.78, 5) is 2.50. The van der Waals surface area contributed by atoms with Crippen LogP contribution in [0.2, 0.25) is 0 Å². The van der Waals surface area contributed by atoms with E-state index >= 15 is 0 Å². The van der Waals surface area contributed by atoms with E-state index in [2.05, 4.69) is 4.90 Å². The third kappa shape index (κ3) is 1.72. The summed E-state index contributed by atoms with van der Waals surface area (Å²) in [7, 11) is 0. The lowest BCUT2D eigenvalue weighted by Crippen LogP contribution is -2.52. The predicted molar refractivity (Wildman–Crippen MR) is 66.1 cm³/mol. The van der Waals surface area contributed by atoms with Crippen molar-refractivity contribution < 1.29 is 14.2 Å². The van der Waals surface area contributed by atoms with Crippen LogP contribution >= 0.6 is 0 Å². The van der Waals surface area contributed by atoms with Gasteiger partial charge in [0.1, 0.15) is 11.9 Å². The minimum atomic E-state index is 0.318. The smallest absolute Gasteiger partial charge is 0.231 e. The van der Waals surface area contributed by atoms with Gasteiger partial charge in [-0.25, -0.2) is 0 Å². The van der Waals surface area contributed by atoms with Crippen LogP contribution in [-0.4, -0.2) is 37.4 Å². The minimum Gasteiger partial charge on any atom is -0.489 e. The van der Waals surface area contributed by atoms with Crippen molar-refractivity contribution in [2.75, 3.05) is 26.4 Å². The predicted octanol–water partition coefficient (Wildman–Crippen LogP) is 1.89. The highest BCUT2D eigenvalue weighted by Crippen LogP contribution is 2.37. The van der Waals surface area contributed by atoms with Gasteiger partial charge >= 0.3 is 0 Å². The molecule has 4 nitrogen and oxygen atoms in total. The van der Waals surface area contributed by atoms with Crippen LogP contribution < -0.4 is 14.2 Å². The van der Waals surface area contributed by atoms with Crippen LogP contribution in [0.25, 0.3) is 0 Å². The molecule has 0 N–H and O–H groups in total. The van der Waals surface area contributed by atoms with E-state index < -0.39 is 0 Å². The number of hydrogen-bond donors (Lipinski definition) is 0. The van der Waals surface area contributed by atoms with Crippen LogP contribution in [0.3, 0.4) is 0 Å². The summed E-state index contributed by atoms with van der Waals surface area (Å²) in [6.07, 6.45) is 2.89. The summed E-state index contributed by atoms with van der Waals surface area (Å²) in [6, 6.07) is 5.85. The maximum absolute atomic E-state index is 6.14. The Labute approximate surface area is 106 Å². The molecule has 4 aliphatic rings. The van der Waals surface area contributed by atoms with Crippen molar-refractivity contribution in [2.45, 2.75) is 18.9 Å². The molecule has 0 saturated carbocycles. The molecule has 18 heavy (non-hydrogen) atoms. The lowest BCUT2D eigenvalue weighted by Gasteiger charge is -2.44.